The topological polar surface area (TPSA) is 70.5 Å². The molecule has 1 aliphatic rings. The number of hydrogen-bond acceptors (Lipinski definition) is 3. The second-order valence-corrected chi connectivity index (χ2v) is 4.50. The van der Waals surface area contributed by atoms with Crippen LogP contribution < -0.4 is 0 Å². The molecular formula is C13H16N2O3. The lowest BCUT2D eigenvalue weighted by molar-refractivity contribution is 0.0689. The maximum atomic E-state index is 12.2. The van der Waals surface area contributed by atoms with Crippen LogP contribution in [0, 0.1) is 5.92 Å². The van der Waals surface area contributed by atoms with E-state index in [9.17, 15) is 9.59 Å². The minimum Gasteiger partial charge on any atom is -0.477 e. The van der Waals surface area contributed by atoms with Gasteiger partial charge in [-0.25, -0.2) is 9.78 Å². The van der Waals surface area contributed by atoms with Crippen LogP contribution >= 0.6 is 0 Å². The van der Waals surface area contributed by atoms with E-state index in [-0.39, 0.29) is 17.3 Å². The zero-order valence-corrected chi connectivity index (χ0v) is 10.3. The molecular weight excluding hydrogens is 232 g/mol. The number of pyridine rings is 1. The summed E-state index contributed by atoms with van der Waals surface area (Å²) in [5.74, 6) is -0.695. The fourth-order valence-electron chi connectivity index (χ4n) is 1.80. The first kappa shape index (κ1) is 12.5. The molecule has 0 radical (unpaired) electrons. The van der Waals surface area contributed by atoms with E-state index in [1.165, 1.54) is 18.9 Å². The summed E-state index contributed by atoms with van der Waals surface area (Å²) >= 11 is 0. The van der Waals surface area contributed by atoms with Gasteiger partial charge in [0.25, 0.3) is 5.91 Å². The normalized spacial score (nSPS) is 14.3. The smallest absolute Gasteiger partial charge is 0.354 e. The van der Waals surface area contributed by atoms with Gasteiger partial charge >= 0.3 is 5.97 Å². The highest BCUT2D eigenvalue weighted by Gasteiger charge is 2.27. The Bertz CT molecular complexity index is 469. The molecule has 0 atom stereocenters. The zero-order valence-electron chi connectivity index (χ0n) is 10.3. The Hall–Kier alpha value is -1.91. The molecule has 1 N–H and O–H groups in total. The fourth-order valence-corrected chi connectivity index (χ4v) is 1.80. The molecule has 5 nitrogen and oxygen atoms in total. The molecule has 18 heavy (non-hydrogen) atoms. The van der Waals surface area contributed by atoms with Crippen molar-refractivity contribution in [3.05, 3.63) is 29.6 Å². The minimum absolute atomic E-state index is 0.0941. The average Bonchev–Trinajstić information content (AvgIpc) is 3.19. The monoisotopic (exact) mass is 248 g/mol. The van der Waals surface area contributed by atoms with Crippen LogP contribution in [-0.4, -0.2) is 40.0 Å². The number of nitrogens with zero attached hydrogens (tertiary/aromatic N) is 2. The van der Waals surface area contributed by atoms with Gasteiger partial charge in [-0.3, -0.25) is 4.79 Å². The molecule has 96 valence electrons. The summed E-state index contributed by atoms with van der Waals surface area (Å²) in [7, 11) is 0. The Morgan fingerprint density at radius 1 is 1.39 bits per heavy atom. The third-order valence-corrected chi connectivity index (χ3v) is 3.03. The van der Waals surface area contributed by atoms with E-state index in [4.69, 9.17) is 5.11 Å². The molecule has 1 fully saturated rings. The molecule has 1 aliphatic carbocycles. The second kappa shape index (κ2) is 5.16. The highest BCUT2D eigenvalue weighted by Crippen LogP contribution is 2.29. The number of carboxylic acids is 1. The summed E-state index contributed by atoms with van der Waals surface area (Å²) in [6.45, 7) is 3.28. The van der Waals surface area contributed by atoms with Crippen molar-refractivity contribution >= 4 is 11.9 Å². The number of aromatic carboxylic acids is 1. The Kier molecular flexibility index (Phi) is 3.60. The molecule has 1 aromatic heterocycles. The zero-order chi connectivity index (χ0) is 13.1. The lowest BCUT2D eigenvalue weighted by atomic mass is 10.2. The summed E-state index contributed by atoms with van der Waals surface area (Å²) in [5, 5.41) is 8.85. The molecule has 1 amide bonds. The summed E-state index contributed by atoms with van der Waals surface area (Å²) in [6, 6.07) is 4.50. The SMILES string of the molecule is CCN(CC1CC1)C(=O)c1cccc(C(=O)O)n1. The van der Waals surface area contributed by atoms with Gasteiger partial charge in [-0.1, -0.05) is 6.07 Å². The summed E-state index contributed by atoms with van der Waals surface area (Å²) in [4.78, 5) is 28.6. The number of amides is 1. The van der Waals surface area contributed by atoms with Gasteiger partial charge in [0.05, 0.1) is 0 Å². The van der Waals surface area contributed by atoms with Crippen LogP contribution in [0.15, 0.2) is 18.2 Å². The van der Waals surface area contributed by atoms with Crippen LogP contribution in [0.5, 0.6) is 0 Å². The van der Waals surface area contributed by atoms with Crippen molar-refractivity contribution < 1.29 is 14.7 Å². The van der Waals surface area contributed by atoms with E-state index in [1.54, 1.807) is 17.0 Å². The van der Waals surface area contributed by atoms with Crippen LogP contribution in [0.2, 0.25) is 0 Å². The van der Waals surface area contributed by atoms with Crippen molar-refractivity contribution in [1.82, 2.24) is 9.88 Å². The van der Waals surface area contributed by atoms with E-state index in [1.807, 2.05) is 6.92 Å². The Morgan fingerprint density at radius 2 is 2.06 bits per heavy atom. The first-order valence-corrected chi connectivity index (χ1v) is 6.11. The van der Waals surface area contributed by atoms with E-state index < -0.39 is 5.97 Å². The molecule has 0 bridgehead atoms. The van der Waals surface area contributed by atoms with Crippen LogP contribution in [0.3, 0.4) is 0 Å². The molecule has 0 aromatic carbocycles. The highest BCUT2D eigenvalue weighted by atomic mass is 16.4. The first-order valence-electron chi connectivity index (χ1n) is 6.11. The minimum atomic E-state index is -1.12. The van der Waals surface area contributed by atoms with E-state index in [0.717, 1.165) is 6.54 Å². The summed E-state index contributed by atoms with van der Waals surface area (Å²) in [6.07, 6.45) is 2.35. The molecule has 0 spiro atoms. The molecule has 5 heteroatoms. The van der Waals surface area contributed by atoms with E-state index in [2.05, 4.69) is 4.98 Å². The number of aromatic nitrogens is 1. The van der Waals surface area contributed by atoms with Crippen molar-refractivity contribution in [1.29, 1.82) is 0 Å². The molecule has 0 unspecified atom stereocenters. The van der Waals surface area contributed by atoms with Crippen LogP contribution in [0.25, 0.3) is 0 Å². The number of hydrogen-bond donors (Lipinski definition) is 1. The van der Waals surface area contributed by atoms with Gasteiger partial charge in [-0.15, -0.1) is 0 Å². The van der Waals surface area contributed by atoms with Crippen LogP contribution in [0.4, 0.5) is 0 Å². The summed E-state index contributed by atoms with van der Waals surface area (Å²) < 4.78 is 0. The summed E-state index contributed by atoms with van der Waals surface area (Å²) in [5.41, 5.74) is 0.112. The molecule has 1 aromatic rings. The molecule has 0 saturated heterocycles. The lowest BCUT2D eigenvalue weighted by Gasteiger charge is -2.20. The second-order valence-electron chi connectivity index (χ2n) is 4.50. The van der Waals surface area contributed by atoms with Gasteiger partial charge in [0.1, 0.15) is 11.4 Å². The van der Waals surface area contributed by atoms with E-state index >= 15 is 0 Å². The van der Waals surface area contributed by atoms with Gasteiger partial charge in [0, 0.05) is 13.1 Å². The highest BCUT2D eigenvalue weighted by molar-refractivity contribution is 5.94. The van der Waals surface area contributed by atoms with Gasteiger partial charge in [0.15, 0.2) is 0 Å². The first-order chi connectivity index (χ1) is 8.61. The van der Waals surface area contributed by atoms with Crippen LogP contribution in [0.1, 0.15) is 40.7 Å². The van der Waals surface area contributed by atoms with Gasteiger partial charge in [0.2, 0.25) is 0 Å². The maximum Gasteiger partial charge on any atom is 0.354 e. The van der Waals surface area contributed by atoms with E-state index in [0.29, 0.717) is 12.5 Å². The van der Waals surface area contributed by atoms with Gasteiger partial charge < -0.3 is 10.0 Å². The third kappa shape index (κ3) is 2.85. The van der Waals surface area contributed by atoms with Crippen molar-refractivity contribution in [2.24, 2.45) is 5.92 Å². The predicted octanol–water partition coefficient (Wildman–Crippen LogP) is 1.65. The van der Waals surface area contributed by atoms with Gasteiger partial charge in [-0.2, -0.15) is 0 Å². The standard InChI is InChI=1S/C13H16N2O3/c1-2-15(8-9-6-7-9)12(16)10-4-3-5-11(14-10)13(17)18/h3-5,9H,2,6-8H2,1H3,(H,17,18). The Labute approximate surface area is 105 Å². The quantitative estimate of drug-likeness (QED) is 0.860. The van der Waals surface area contributed by atoms with Crippen molar-refractivity contribution in [3.63, 3.8) is 0 Å². The number of rotatable bonds is 5. The number of carbonyl (C=O) groups excluding carboxylic acids is 1. The van der Waals surface area contributed by atoms with Crippen LogP contribution in [-0.2, 0) is 0 Å². The average molecular weight is 248 g/mol. The molecule has 2 rings (SSSR count). The van der Waals surface area contributed by atoms with Crippen molar-refractivity contribution in [2.75, 3.05) is 13.1 Å². The molecule has 1 saturated carbocycles. The Morgan fingerprint density at radius 3 is 2.61 bits per heavy atom. The van der Waals surface area contributed by atoms with Crippen molar-refractivity contribution in [2.45, 2.75) is 19.8 Å². The van der Waals surface area contributed by atoms with Gasteiger partial charge in [-0.05, 0) is 37.8 Å². The molecule has 0 aliphatic heterocycles. The van der Waals surface area contributed by atoms with Crippen molar-refractivity contribution in [3.8, 4) is 0 Å². The maximum absolute atomic E-state index is 12.2. The largest absolute Gasteiger partial charge is 0.477 e. The molecule has 1 heterocycles. The number of carbonyl (C=O) groups is 2. The lowest BCUT2D eigenvalue weighted by Crippen LogP contribution is -2.33. The third-order valence-electron chi connectivity index (χ3n) is 3.03. The Balaban J connectivity index is 2.15. The fraction of sp³-hybridized carbons (Fsp3) is 0.462. The predicted molar refractivity (Wildman–Crippen MR) is 65.5 cm³/mol. The number of carboxylic acid groups (broad SMARTS) is 1.